The number of benzene rings is 1. The van der Waals surface area contributed by atoms with Gasteiger partial charge in [-0.05, 0) is 100 Å². The van der Waals surface area contributed by atoms with Gasteiger partial charge < -0.3 is 30.7 Å². The molecular weight excluding hydrogens is 750 g/mol. The SMILES string of the molecule is CNC(=O)CCC(C)NC(=O)c1ccc(N2CCN(CCC3CCN(c4ccc(NC(=O)C5CCN(c6ccc(C#N)c(C(F)(F)F)c6)CC5)nc4)CC3)CC2)cn1. The molecule has 3 amide bonds. The summed E-state index contributed by atoms with van der Waals surface area (Å²) in [5.41, 5.74) is 1.45. The number of halogens is 3. The van der Waals surface area contributed by atoms with Crippen molar-refractivity contribution in [1.29, 1.82) is 5.26 Å². The molecular formula is C42H53F3N10O3. The average Bonchev–Trinajstić information content (AvgIpc) is 3.25. The van der Waals surface area contributed by atoms with Crippen molar-refractivity contribution in [2.75, 3.05) is 86.0 Å². The number of alkyl halides is 3. The van der Waals surface area contributed by atoms with E-state index in [-0.39, 0.29) is 29.7 Å². The van der Waals surface area contributed by atoms with Gasteiger partial charge in [0.05, 0.1) is 41.0 Å². The van der Waals surface area contributed by atoms with Crippen LogP contribution in [0.15, 0.2) is 54.9 Å². The van der Waals surface area contributed by atoms with Crippen molar-refractivity contribution in [2.45, 2.75) is 64.1 Å². The molecule has 1 aromatic carbocycles. The van der Waals surface area contributed by atoms with Crippen molar-refractivity contribution in [3.8, 4) is 6.07 Å². The number of nitrogens with zero attached hydrogens (tertiary/aromatic N) is 7. The van der Waals surface area contributed by atoms with Crippen LogP contribution < -0.4 is 30.7 Å². The fourth-order valence-corrected chi connectivity index (χ4v) is 7.96. The molecule has 58 heavy (non-hydrogen) atoms. The van der Waals surface area contributed by atoms with Crippen molar-refractivity contribution in [3.05, 3.63) is 71.7 Å². The highest BCUT2D eigenvalue weighted by Gasteiger charge is 2.35. The van der Waals surface area contributed by atoms with Gasteiger partial charge in [0.15, 0.2) is 0 Å². The summed E-state index contributed by atoms with van der Waals surface area (Å²) in [6, 6.07) is 12.8. The number of piperidine rings is 2. The lowest BCUT2D eigenvalue weighted by Crippen LogP contribution is -2.47. The number of rotatable bonds is 13. The van der Waals surface area contributed by atoms with Gasteiger partial charge in [0.25, 0.3) is 5.91 Å². The Morgan fingerprint density at radius 2 is 1.47 bits per heavy atom. The Labute approximate surface area is 338 Å². The number of nitriles is 1. The largest absolute Gasteiger partial charge is 0.417 e. The van der Waals surface area contributed by atoms with Gasteiger partial charge in [-0.3, -0.25) is 19.3 Å². The molecule has 3 saturated heterocycles. The van der Waals surface area contributed by atoms with Crippen LogP contribution in [0, 0.1) is 23.2 Å². The van der Waals surface area contributed by atoms with E-state index >= 15 is 0 Å². The third-order valence-corrected chi connectivity index (χ3v) is 11.7. The fraction of sp³-hybridized carbons (Fsp3) is 0.524. The number of nitrogens with one attached hydrogen (secondary N) is 3. The predicted molar refractivity (Wildman–Crippen MR) is 217 cm³/mol. The Hall–Kier alpha value is -5.43. The van der Waals surface area contributed by atoms with E-state index in [1.165, 1.54) is 12.1 Å². The quantitative estimate of drug-likeness (QED) is 0.208. The summed E-state index contributed by atoms with van der Waals surface area (Å²) in [6.07, 6.45) is 4.23. The Bertz CT molecular complexity index is 1900. The zero-order chi connectivity index (χ0) is 41.2. The van der Waals surface area contributed by atoms with Gasteiger partial charge in [-0.2, -0.15) is 18.4 Å². The summed E-state index contributed by atoms with van der Waals surface area (Å²) >= 11 is 0. The topological polar surface area (TPSA) is 150 Å². The van der Waals surface area contributed by atoms with E-state index in [9.17, 15) is 27.6 Å². The number of hydrogen-bond donors (Lipinski definition) is 3. The van der Waals surface area contributed by atoms with Crippen LogP contribution in [0.25, 0.3) is 0 Å². The smallest absolute Gasteiger partial charge is 0.371 e. The minimum atomic E-state index is -4.62. The van der Waals surface area contributed by atoms with Gasteiger partial charge in [-0.1, -0.05) is 0 Å². The number of carbonyl (C=O) groups excluding carboxylic acids is 3. The molecule has 310 valence electrons. The summed E-state index contributed by atoms with van der Waals surface area (Å²) in [7, 11) is 1.60. The molecule has 0 saturated carbocycles. The lowest BCUT2D eigenvalue weighted by molar-refractivity contribution is -0.137. The number of pyridine rings is 2. The van der Waals surface area contributed by atoms with Crippen LogP contribution in [-0.2, 0) is 15.8 Å². The second-order valence-electron chi connectivity index (χ2n) is 15.5. The molecule has 0 spiro atoms. The first-order chi connectivity index (χ1) is 27.9. The number of hydrogen-bond acceptors (Lipinski definition) is 10. The molecule has 0 bridgehead atoms. The Kier molecular flexibility index (Phi) is 14.1. The lowest BCUT2D eigenvalue weighted by atomic mass is 9.93. The number of anilines is 4. The molecule has 0 radical (unpaired) electrons. The molecule has 6 rings (SSSR count). The summed E-state index contributed by atoms with van der Waals surface area (Å²) in [6.45, 7) is 9.46. The van der Waals surface area contributed by atoms with Gasteiger partial charge in [0.2, 0.25) is 11.8 Å². The van der Waals surface area contributed by atoms with Crippen LogP contribution in [0.3, 0.4) is 0 Å². The van der Waals surface area contributed by atoms with Gasteiger partial charge >= 0.3 is 6.18 Å². The van der Waals surface area contributed by atoms with E-state index in [1.807, 2.05) is 30.0 Å². The van der Waals surface area contributed by atoms with Crippen LogP contribution in [0.4, 0.5) is 36.1 Å². The first-order valence-corrected chi connectivity index (χ1v) is 20.2. The average molecular weight is 803 g/mol. The second kappa shape index (κ2) is 19.3. The maximum atomic E-state index is 13.5. The highest BCUT2D eigenvalue weighted by Crippen LogP contribution is 2.35. The van der Waals surface area contributed by atoms with E-state index in [0.29, 0.717) is 61.9 Å². The third kappa shape index (κ3) is 11.1. The van der Waals surface area contributed by atoms with E-state index in [2.05, 4.69) is 40.6 Å². The minimum absolute atomic E-state index is 0.0497. The Morgan fingerprint density at radius 1 is 0.845 bits per heavy atom. The van der Waals surface area contributed by atoms with Crippen molar-refractivity contribution in [1.82, 2.24) is 25.5 Å². The molecule has 0 aliphatic carbocycles. The van der Waals surface area contributed by atoms with Crippen molar-refractivity contribution in [2.24, 2.45) is 11.8 Å². The highest BCUT2D eigenvalue weighted by molar-refractivity contribution is 5.93. The van der Waals surface area contributed by atoms with Crippen molar-refractivity contribution in [3.63, 3.8) is 0 Å². The third-order valence-electron chi connectivity index (χ3n) is 11.7. The fourth-order valence-electron chi connectivity index (χ4n) is 7.96. The molecule has 1 unspecified atom stereocenters. The van der Waals surface area contributed by atoms with Crippen LogP contribution >= 0.6 is 0 Å². The second-order valence-corrected chi connectivity index (χ2v) is 15.5. The van der Waals surface area contributed by atoms with Gasteiger partial charge in [-0.25, -0.2) is 9.97 Å². The first-order valence-electron chi connectivity index (χ1n) is 20.2. The van der Waals surface area contributed by atoms with Gasteiger partial charge in [-0.15, -0.1) is 0 Å². The predicted octanol–water partition coefficient (Wildman–Crippen LogP) is 5.30. The monoisotopic (exact) mass is 802 g/mol. The highest BCUT2D eigenvalue weighted by atomic mass is 19.4. The number of aromatic nitrogens is 2. The van der Waals surface area contributed by atoms with Gasteiger partial charge in [0.1, 0.15) is 11.5 Å². The summed E-state index contributed by atoms with van der Waals surface area (Å²) in [4.78, 5) is 55.1. The van der Waals surface area contributed by atoms with E-state index in [4.69, 9.17) is 5.26 Å². The normalized spacial score (nSPS) is 17.7. The number of carbonyl (C=O) groups is 3. The van der Waals surface area contributed by atoms with Crippen LogP contribution in [0.1, 0.15) is 73.5 Å². The van der Waals surface area contributed by atoms with Crippen LogP contribution in [0.5, 0.6) is 0 Å². The molecule has 3 fully saturated rings. The molecule has 16 heteroatoms. The van der Waals surface area contributed by atoms with Crippen molar-refractivity contribution < 1.29 is 27.6 Å². The molecule has 3 aliphatic heterocycles. The number of amides is 3. The number of piperazine rings is 1. The zero-order valence-corrected chi connectivity index (χ0v) is 33.2. The van der Waals surface area contributed by atoms with Crippen molar-refractivity contribution >= 4 is 40.6 Å². The first kappa shape index (κ1) is 42.2. The molecule has 5 heterocycles. The summed E-state index contributed by atoms with van der Waals surface area (Å²) in [5, 5.41) is 17.5. The van der Waals surface area contributed by atoms with Gasteiger partial charge in [0, 0.05) is 83.5 Å². The zero-order valence-electron chi connectivity index (χ0n) is 33.2. The summed E-state index contributed by atoms with van der Waals surface area (Å²) < 4.78 is 40.4. The molecule has 13 nitrogen and oxygen atoms in total. The molecule has 3 N–H and O–H groups in total. The van der Waals surface area contributed by atoms with E-state index in [0.717, 1.165) is 82.5 Å². The van der Waals surface area contributed by atoms with Crippen LogP contribution in [0.2, 0.25) is 0 Å². The minimum Gasteiger partial charge on any atom is -0.371 e. The Morgan fingerprint density at radius 3 is 2.07 bits per heavy atom. The van der Waals surface area contributed by atoms with E-state index in [1.54, 1.807) is 31.6 Å². The molecule has 1 atom stereocenters. The Balaban J connectivity index is 0.865. The maximum absolute atomic E-state index is 13.5. The standard InChI is InChI=1S/C42H53F3N10O3/c1-29(3-10-39(56)47-2)50-41(58)37-8-6-34(27-48-37)55-23-21-52(22-24-55)16-11-30-12-17-54(18-13-30)35-7-9-38(49-28-35)51-40(57)31-14-19-53(20-15-31)33-5-4-32(26-46)36(25-33)42(43,44)45/h4-9,25,27-31H,3,10-24H2,1-2H3,(H,47,56)(H,50,58)(H,49,51,57). The summed E-state index contributed by atoms with van der Waals surface area (Å²) in [5.74, 6) is 0.423. The molecule has 3 aliphatic rings. The van der Waals surface area contributed by atoms with Crippen LogP contribution in [-0.4, -0.2) is 105 Å². The molecule has 2 aromatic heterocycles. The lowest BCUT2D eigenvalue weighted by Gasteiger charge is -2.38. The maximum Gasteiger partial charge on any atom is 0.417 e. The van der Waals surface area contributed by atoms with E-state index < -0.39 is 17.3 Å². The molecule has 3 aromatic rings.